The lowest BCUT2D eigenvalue weighted by Gasteiger charge is -2.36. The number of rotatable bonds is 2. The van der Waals surface area contributed by atoms with E-state index in [-0.39, 0.29) is 9.90 Å². The lowest BCUT2D eigenvalue weighted by molar-refractivity contribution is 0.149. The van der Waals surface area contributed by atoms with E-state index in [9.17, 15) is 9.90 Å². The monoisotopic (exact) mass is 420 g/mol. The maximum Gasteiger partial charge on any atom is 0.524 e. The van der Waals surface area contributed by atoms with Crippen molar-refractivity contribution in [3.8, 4) is 0 Å². The molecule has 0 aromatic heterocycles. The Hall–Kier alpha value is -1.62. The first kappa shape index (κ1) is 18.2. The van der Waals surface area contributed by atoms with E-state index in [2.05, 4.69) is 15.9 Å². The van der Waals surface area contributed by atoms with Gasteiger partial charge in [-0.2, -0.15) is 9.28 Å². The highest BCUT2D eigenvalue weighted by atomic mass is 79.9. The van der Waals surface area contributed by atoms with E-state index in [1.807, 2.05) is 63.2 Å². The fourth-order valence-corrected chi connectivity index (χ4v) is 3.92. The van der Waals surface area contributed by atoms with Crippen molar-refractivity contribution in [1.82, 2.24) is 4.48 Å². The van der Waals surface area contributed by atoms with Gasteiger partial charge in [0.15, 0.2) is 5.69 Å². The highest BCUT2D eigenvalue weighted by Gasteiger charge is 2.53. The van der Waals surface area contributed by atoms with E-state index in [4.69, 9.17) is 11.6 Å². The van der Waals surface area contributed by atoms with Crippen LogP contribution in [0.4, 0.5) is 10.5 Å². The molecule has 0 saturated carbocycles. The molecule has 2 aromatic carbocycles. The van der Waals surface area contributed by atoms with Crippen molar-refractivity contribution in [3.05, 3.63) is 68.8 Å². The lowest BCUT2D eigenvalue weighted by Crippen LogP contribution is -2.53. The Bertz CT molecular complexity index is 868. The van der Waals surface area contributed by atoms with Crippen molar-refractivity contribution in [3.63, 3.8) is 0 Å². The smallest absolute Gasteiger partial charge is 0.435 e. The van der Waals surface area contributed by atoms with Crippen LogP contribution in [0.3, 0.4) is 0 Å². The molecular formula is C20H20BrClNO2+. The number of hydrogen-bond donors (Lipinski definition) is 1. The molecule has 0 radical (unpaired) electrons. The third-order valence-corrected chi connectivity index (χ3v) is 5.30. The second kappa shape index (κ2) is 6.27. The van der Waals surface area contributed by atoms with E-state index >= 15 is 0 Å². The van der Waals surface area contributed by atoms with Crippen LogP contribution in [-0.4, -0.2) is 11.2 Å². The van der Waals surface area contributed by atoms with Crippen molar-refractivity contribution in [2.24, 2.45) is 5.41 Å². The fourth-order valence-electron chi connectivity index (χ4n) is 3.47. The normalized spacial score (nSPS) is 19.5. The molecule has 1 aliphatic heterocycles. The highest BCUT2D eigenvalue weighted by Crippen LogP contribution is 2.49. The van der Waals surface area contributed by atoms with Gasteiger partial charge in [0, 0.05) is 38.2 Å². The topological polar surface area (TPSA) is 37.3 Å². The summed E-state index contributed by atoms with van der Waals surface area (Å²) in [6.07, 6.45) is 1.10. The molecule has 1 amide bonds. The number of carbonyl (C=O) groups is 1. The molecule has 0 fully saturated rings. The molecule has 0 aliphatic carbocycles. The van der Waals surface area contributed by atoms with Crippen molar-refractivity contribution < 1.29 is 9.90 Å². The summed E-state index contributed by atoms with van der Waals surface area (Å²) in [6, 6.07) is 13.2. The molecule has 0 saturated heterocycles. The number of halogens is 2. The van der Waals surface area contributed by atoms with E-state index in [1.54, 1.807) is 6.07 Å². The van der Waals surface area contributed by atoms with Gasteiger partial charge in [0.2, 0.25) is 0 Å². The Morgan fingerprint density at radius 1 is 1.16 bits per heavy atom. The fraction of sp³-hybridized carbons (Fsp3) is 0.250. The first-order chi connectivity index (χ1) is 11.6. The number of allylic oxidation sites excluding steroid dienone is 1. The van der Waals surface area contributed by atoms with Gasteiger partial charge in [0.25, 0.3) is 0 Å². The van der Waals surface area contributed by atoms with Gasteiger partial charge in [-0.05, 0) is 24.3 Å². The van der Waals surface area contributed by atoms with E-state index in [0.29, 0.717) is 11.6 Å². The average molecular weight is 422 g/mol. The van der Waals surface area contributed by atoms with Crippen LogP contribution in [0.25, 0.3) is 6.08 Å². The molecule has 0 spiro atoms. The van der Waals surface area contributed by atoms with Crippen LogP contribution >= 0.6 is 27.5 Å². The number of quaternary nitrogens is 1. The zero-order chi connectivity index (χ0) is 18.4. The molecule has 1 heterocycles. The standard InChI is InChI=1S/C20H19BrClNO2/c1-20(2,3)18-11-14-10-16(22)8-9-17(14)23(18,19(24)25)12-13-4-6-15(21)7-5-13/h4-11H,12H2,1-3H3/p+1. The van der Waals surface area contributed by atoms with Gasteiger partial charge in [-0.15, -0.1) is 0 Å². The van der Waals surface area contributed by atoms with Crippen LogP contribution in [0.15, 0.2) is 52.6 Å². The third-order valence-electron chi connectivity index (χ3n) is 4.53. The Morgan fingerprint density at radius 2 is 1.80 bits per heavy atom. The maximum atomic E-state index is 12.6. The van der Waals surface area contributed by atoms with Gasteiger partial charge in [-0.1, -0.05) is 60.4 Å². The molecule has 5 heteroatoms. The molecule has 1 unspecified atom stereocenters. The van der Waals surface area contributed by atoms with Crippen molar-refractivity contribution in [2.45, 2.75) is 27.3 Å². The first-order valence-corrected chi connectivity index (χ1v) is 9.20. The molecule has 3 rings (SSSR count). The van der Waals surface area contributed by atoms with Crippen molar-refractivity contribution in [1.29, 1.82) is 0 Å². The summed E-state index contributed by atoms with van der Waals surface area (Å²) in [5, 5.41) is 10.9. The number of nitrogens with zero attached hydrogens (tertiary/aromatic N) is 1. The molecule has 25 heavy (non-hydrogen) atoms. The Kier molecular flexibility index (Phi) is 4.56. The minimum Gasteiger partial charge on any atom is -0.435 e. The van der Waals surface area contributed by atoms with E-state index in [0.717, 1.165) is 27.0 Å². The third kappa shape index (κ3) is 3.14. The highest BCUT2D eigenvalue weighted by molar-refractivity contribution is 9.10. The summed E-state index contributed by atoms with van der Waals surface area (Å²) in [4.78, 5) is 12.6. The second-order valence-electron chi connectivity index (χ2n) is 7.36. The van der Waals surface area contributed by atoms with E-state index in [1.165, 1.54) is 0 Å². The van der Waals surface area contributed by atoms with Crippen LogP contribution in [0.5, 0.6) is 0 Å². The molecular weight excluding hydrogens is 402 g/mol. The van der Waals surface area contributed by atoms with Gasteiger partial charge in [-0.25, -0.2) is 0 Å². The van der Waals surface area contributed by atoms with Gasteiger partial charge in [0.05, 0.1) is 0 Å². The number of carboxylic acid groups (broad SMARTS) is 1. The largest absolute Gasteiger partial charge is 0.524 e. The summed E-state index contributed by atoms with van der Waals surface area (Å²) in [6.45, 7) is 6.48. The number of hydrogen-bond acceptors (Lipinski definition) is 1. The zero-order valence-corrected chi connectivity index (χ0v) is 16.7. The number of amides is 1. The van der Waals surface area contributed by atoms with Crippen LogP contribution in [0.1, 0.15) is 31.9 Å². The molecule has 1 aliphatic rings. The molecule has 2 aromatic rings. The van der Waals surface area contributed by atoms with E-state index < -0.39 is 6.09 Å². The lowest BCUT2D eigenvalue weighted by atomic mass is 9.89. The number of benzene rings is 2. The van der Waals surface area contributed by atoms with Crippen molar-refractivity contribution in [2.75, 3.05) is 0 Å². The van der Waals surface area contributed by atoms with Crippen molar-refractivity contribution >= 4 is 45.4 Å². The number of fused-ring (bicyclic) bond motifs is 1. The summed E-state index contributed by atoms with van der Waals surface area (Å²) >= 11 is 9.58. The molecule has 130 valence electrons. The summed E-state index contributed by atoms with van der Waals surface area (Å²) in [5.41, 5.74) is 3.13. The van der Waals surface area contributed by atoms with Crippen LogP contribution in [0, 0.1) is 5.41 Å². The van der Waals surface area contributed by atoms with Crippen LogP contribution in [-0.2, 0) is 6.54 Å². The van der Waals surface area contributed by atoms with Gasteiger partial charge >= 0.3 is 6.09 Å². The SMILES string of the molecule is CC(C)(C)C1=Cc2cc(Cl)ccc2[N+]1(Cc1ccc(Br)cc1)C(=O)O. The van der Waals surface area contributed by atoms with Crippen LogP contribution in [0.2, 0.25) is 5.02 Å². The first-order valence-electron chi connectivity index (χ1n) is 8.03. The molecule has 0 bridgehead atoms. The molecule has 3 nitrogen and oxygen atoms in total. The minimum absolute atomic E-state index is 0.225. The van der Waals surface area contributed by atoms with Gasteiger partial charge in [-0.3, -0.25) is 0 Å². The quantitative estimate of drug-likeness (QED) is 0.548. The Morgan fingerprint density at radius 3 is 2.36 bits per heavy atom. The average Bonchev–Trinajstić information content (AvgIpc) is 2.84. The summed E-state index contributed by atoms with van der Waals surface area (Å²) < 4.78 is 0.746. The second-order valence-corrected chi connectivity index (χ2v) is 8.71. The minimum atomic E-state index is -0.884. The van der Waals surface area contributed by atoms with Gasteiger partial charge in [0.1, 0.15) is 12.2 Å². The predicted molar refractivity (Wildman–Crippen MR) is 107 cm³/mol. The zero-order valence-electron chi connectivity index (χ0n) is 14.4. The Balaban J connectivity index is 2.23. The van der Waals surface area contributed by atoms with Gasteiger partial charge < -0.3 is 5.11 Å². The molecule has 1 atom stereocenters. The van der Waals surface area contributed by atoms with Crippen LogP contribution < -0.4 is 4.48 Å². The Labute approximate surface area is 161 Å². The summed E-state index contributed by atoms with van der Waals surface area (Å²) in [5.74, 6) is 0. The predicted octanol–water partition coefficient (Wildman–Crippen LogP) is 6.69. The summed E-state index contributed by atoms with van der Waals surface area (Å²) in [7, 11) is 0. The molecule has 1 N–H and O–H groups in total. The maximum absolute atomic E-state index is 12.6.